The Morgan fingerprint density at radius 2 is 2.00 bits per heavy atom. The average Bonchev–Trinajstić information content (AvgIpc) is 2.87. The lowest BCUT2D eigenvalue weighted by molar-refractivity contribution is 0.254. The van der Waals surface area contributed by atoms with Crippen LogP contribution in [0.15, 0.2) is 47.4 Å². The molecule has 0 fully saturated rings. The van der Waals surface area contributed by atoms with Gasteiger partial charge in [-0.05, 0) is 32.0 Å². The number of benzene rings is 2. The normalized spacial score (nSPS) is 16.5. The van der Waals surface area contributed by atoms with Gasteiger partial charge in [-0.15, -0.1) is 0 Å². The molecule has 0 saturated carbocycles. The molecule has 3 rings (SSSR count). The Morgan fingerprint density at radius 3 is 2.70 bits per heavy atom. The van der Waals surface area contributed by atoms with Crippen LogP contribution in [-0.2, 0) is 16.4 Å². The maximum atomic E-state index is 12.5. The van der Waals surface area contributed by atoms with Gasteiger partial charge in [0.25, 0.3) is 10.0 Å². The van der Waals surface area contributed by atoms with E-state index < -0.39 is 10.0 Å². The molecule has 2 aromatic carbocycles. The minimum absolute atomic E-state index is 0.0838. The third kappa shape index (κ3) is 3.27. The fourth-order valence-electron chi connectivity index (χ4n) is 2.60. The van der Waals surface area contributed by atoms with E-state index in [1.165, 1.54) is 0 Å². The molecule has 0 saturated heterocycles. The monoisotopic (exact) mass is 333 g/mol. The van der Waals surface area contributed by atoms with Crippen molar-refractivity contribution < 1.29 is 17.9 Å². The van der Waals surface area contributed by atoms with Gasteiger partial charge in [0.1, 0.15) is 17.6 Å². The largest absolute Gasteiger partial charge is 0.492 e. The van der Waals surface area contributed by atoms with Gasteiger partial charge >= 0.3 is 0 Å². The van der Waals surface area contributed by atoms with E-state index in [2.05, 4.69) is 4.72 Å². The van der Waals surface area contributed by atoms with Crippen LogP contribution >= 0.6 is 0 Å². The number of sulfonamides is 1. The number of rotatable bonds is 5. The number of ether oxygens (including phenoxy) is 2. The third-order valence-corrected chi connectivity index (χ3v) is 4.98. The van der Waals surface area contributed by atoms with Crippen LogP contribution in [-0.4, -0.2) is 21.1 Å². The number of hydrogen-bond acceptors (Lipinski definition) is 4. The Hall–Kier alpha value is -2.21. The predicted molar refractivity (Wildman–Crippen MR) is 88.7 cm³/mol. The molecule has 0 radical (unpaired) electrons. The lowest BCUT2D eigenvalue weighted by Crippen LogP contribution is -2.14. The number of anilines is 1. The Labute approximate surface area is 136 Å². The van der Waals surface area contributed by atoms with Crippen molar-refractivity contribution in [3.8, 4) is 11.5 Å². The zero-order chi connectivity index (χ0) is 16.4. The minimum Gasteiger partial charge on any atom is -0.492 e. The number of hydrogen-bond donors (Lipinski definition) is 1. The Bertz CT molecular complexity index is 803. The second-order valence-corrected chi connectivity index (χ2v) is 7.12. The van der Waals surface area contributed by atoms with Crippen LogP contribution in [0.5, 0.6) is 11.5 Å². The van der Waals surface area contributed by atoms with Gasteiger partial charge < -0.3 is 9.47 Å². The summed E-state index contributed by atoms with van der Waals surface area (Å²) in [6.07, 6.45) is 0.877. The summed E-state index contributed by atoms with van der Waals surface area (Å²) in [5, 5.41) is 0. The van der Waals surface area contributed by atoms with Gasteiger partial charge in [0.05, 0.1) is 17.2 Å². The summed E-state index contributed by atoms with van der Waals surface area (Å²) in [7, 11) is -3.67. The van der Waals surface area contributed by atoms with E-state index in [-0.39, 0.29) is 11.0 Å². The summed E-state index contributed by atoms with van der Waals surface area (Å²) in [6, 6.07) is 11.8. The second kappa shape index (κ2) is 6.12. The van der Waals surface area contributed by atoms with E-state index in [9.17, 15) is 8.42 Å². The number of nitrogens with one attached hydrogen (secondary N) is 1. The molecule has 0 aromatic heterocycles. The summed E-state index contributed by atoms with van der Waals surface area (Å²) in [5.74, 6) is 1.22. The van der Waals surface area contributed by atoms with Crippen LogP contribution in [0.1, 0.15) is 19.4 Å². The van der Waals surface area contributed by atoms with Gasteiger partial charge in [-0.3, -0.25) is 4.72 Å². The van der Waals surface area contributed by atoms with Gasteiger partial charge in [-0.2, -0.15) is 0 Å². The number of fused-ring (bicyclic) bond motifs is 1. The molecule has 1 aliphatic heterocycles. The molecule has 1 unspecified atom stereocenters. The summed E-state index contributed by atoms with van der Waals surface area (Å²) >= 11 is 0. The molecule has 0 aliphatic carbocycles. The van der Waals surface area contributed by atoms with Crippen LogP contribution in [0.3, 0.4) is 0 Å². The van der Waals surface area contributed by atoms with Gasteiger partial charge in [0.2, 0.25) is 0 Å². The first-order valence-corrected chi connectivity index (χ1v) is 9.02. The zero-order valence-corrected chi connectivity index (χ0v) is 13.9. The van der Waals surface area contributed by atoms with Gasteiger partial charge in [0.15, 0.2) is 0 Å². The maximum Gasteiger partial charge on any atom is 0.262 e. The first-order valence-electron chi connectivity index (χ1n) is 7.54. The van der Waals surface area contributed by atoms with Crippen LogP contribution < -0.4 is 14.2 Å². The molecule has 122 valence electrons. The van der Waals surface area contributed by atoms with Gasteiger partial charge in [-0.1, -0.05) is 18.2 Å². The molecular formula is C17H19NO4S. The molecule has 5 nitrogen and oxygen atoms in total. The quantitative estimate of drug-likeness (QED) is 0.912. The highest BCUT2D eigenvalue weighted by Crippen LogP contribution is 2.38. The topological polar surface area (TPSA) is 64.6 Å². The van der Waals surface area contributed by atoms with Crippen molar-refractivity contribution in [1.82, 2.24) is 0 Å². The predicted octanol–water partition coefficient (Wildman–Crippen LogP) is 3.21. The Morgan fingerprint density at radius 1 is 1.26 bits per heavy atom. The first kappa shape index (κ1) is 15.7. The van der Waals surface area contributed by atoms with Crippen molar-refractivity contribution in [2.24, 2.45) is 0 Å². The lowest BCUT2D eigenvalue weighted by Gasteiger charge is -2.14. The molecule has 0 spiro atoms. The zero-order valence-electron chi connectivity index (χ0n) is 13.1. The van der Waals surface area contributed by atoms with Crippen LogP contribution in [0.25, 0.3) is 0 Å². The van der Waals surface area contributed by atoms with Crippen LogP contribution in [0.2, 0.25) is 0 Å². The third-order valence-electron chi connectivity index (χ3n) is 3.60. The average molecular weight is 333 g/mol. The summed E-state index contributed by atoms with van der Waals surface area (Å²) in [6.45, 7) is 4.30. The van der Waals surface area contributed by atoms with E-state index >= 15 is 0 Å². The molecule has 6 heteroatoms. The molecule has 1 N–H and O–H groups in total. The molecule has 0 bridgehead atoms. The summed E-state index contributed by atoms with van der Waals surface area (Å²) in [4.78, 5) is 0.206. The highest BCUT2D eigenvalue weighted by molar-refractivity contribution is 7.92. The van der Waals surface area contributed by atoms with Crippen molar-refractivity contribution in [2.75, 3.05) is 11.3 Å². The van der Waals surface area contributed by atoms with Crippen molar-refractivity contribution >= 4 is 15.7 Å². The van der Waals surface area contributed by atoms with Crippen molar-refractivity contribution in [2.45, 2.75) is 31.3 Å². The van der Waals surface area contributed by atoms with E-state index in [0.717, 1.165) is 12.0 Å². The highest BCUT2D eigenvalue weighted by atomic mass is 32.2. The molecule has 1 heterocycles. The van der Waals surface area contributed by atoms with Crippen molar-refractivity contribution in [1.29, 1.82) is 0 Å². The lowest BCUT2D eigenvalue weighted by atomic mass is 10.1. The maximum absolute atomic E-state index is 12.5. The van der Waals surface area contributed by atoms with Crippen molar-refractivity contribution in [3.63, 3.8) is 0 Å². The molecule has 2 aromatic rings. The molecule has 23 heavy (non-hydrogen) atoms. The fraction of sp³-hybridized carbons (Fsp3) is 0.294. The molecule has 0 amide bonds. The molecule has 1 aliphatic rings. The van der Waals surface area contributed by atoms with E-state index in [4.69, 9.17) is 9.47 Å². The van der Waals surface area contributed by atoms with Crippen LogP contribution in [0.4, 0.5) is 5.69 Å². The second-order valence-electron chi connectivity index (χ2n) is 5.44. The summed E-state index contributed by atoms with van der Waals surface area (Å²) < 4.78 is 38.9. The van der Waals surface area contributed by atoms with E-state index in [0.29, 0.717) is 23.8 Å². The Kier molecular flexibility index (Phi) is 4.17. The van der Waals surface area contributed by atoms with Crippen molar-refractivity contribution in [3.05, 3.63) is 48.0 Å². The fourth-order valence-corrected chi connectivity index (χ4v) is 3.68. The minimum atomic E-state index is -3.67. The summed E-state index contributed by atoms with van der Waals surface area (Å²) in [5.41, 5.74) is 1.42. The molecule has 1 atom stereocenters. The highest BCUT2D eigenvalue weighted by Gasteiger charge is 2.24. The SMILES string of the molecule is CCOc1cc2c(cc1NS(=O)(=O)c1ccccc1)OC(C)C2. The van der Waals surface area contributed by atoms with E-state index in [1.54, 1.807) is 36.4 Å². The van der Waals surface area contributed by atoms with Crippen LogP contribution in [0, 0.1) is 0 Å². The first-order chi connectivity index (χ1) is 11.0. The van der Waals surface area contributed by atoms with Gasteiger partial charge in [-0.25, -0.2) is 8.42 Å². The Balaban J connectivity index is 1.98. The standard InChI is InChI=1S/C17H19NO4S/c1-3-21-17-10-13-9-12(2)22-16(13)11-15(17)18-23(19,20)14-7-5-4-6-8-14/h4-8,10-12,18H,3,9H2,1-2H3. The van der Waals surface area contributed by atoms with Gasteiger partial charge in [0, 0.05) is 18.1 Å². The molecular weight excluding hydrogens is 314 g/mol. The van der Waals surface area contributed by atoms with E-state index in [1.807, 2.05) is 19.9 Å². The smallest absolute Gasteiger partial charge is 0.262 e.